The minimum Gasteiger partial charge on any atom is -0.465 e. The number of amides is 1. The molecule has 0 bridgehead atoms. The molecule has 0 spiro atoms. The number of benzene rings is 1. The van der Waals surface area contributed by atoms with E-state index in [-0.39, 0.29) is 10.8 Å². The Morgan fingerprint density at radius 2 is 1.78 bits per heavy atom. The number of sulfonamides is 1. The van der Waals surface area contributed by atoms with Crippen molar-refractivity contribution in [1.29, 1.82) is 0 Å². The number of hydrogen-bond acceptors (Lipinski definition) is 6. The molecule has 1 N–H and O–H groups in total. The highest BCUT2D eigenvalue weighted by Gasteiger charge is 2.27. The number of hydrogen-bond donors (Lipinski definition) is 1. The van der Waals surface area contributed by atoms with Crippen LogP contribution in [-0.4, -0.2) is 50.6 Å². The molecule has 7 nitrogen and oxygen atoms in total. The van der Waals surface area contributed by atoms with Crippen molar-refractivity contribution in [2.75, 3.05) is 26.0 Å². The third kappa shape index (κ3) is 4.36. The summed E-state index contributed by atoms with van der Waals surface area (Å²) < 4.78 is 31.5. The van der Waals surface area contributed by atoms with Crippen LogP contribution in [0.3, 0.4) is 0 Å². The van der Waals surface area contributed by atoms with Crippen LogP contribution in [0.15, 0.2) is 39.8 Å². The molecule has 2 aliphatic rings. The molecule has 2 heterocycles. The summed E-state index contributed by atoms with van der Waals surface area (Å²) in [5, 5.41) is 2.74. The fourth-order valence-corrected chi connectivity index (χ4v) is 5.65. The first-order valence-electron chi connectivity index (χ1n) is 8.79. The predicted molar refractivity (Wildman–Crippen MR) is 103 cm³/mol. The van der Waals surface area contributed by atoms with Crippen LogP contribution in [0, 0.1) is 0 Å². The Hall–Kier alpha value is -1.84. The lowest BCUT2D eigenvalue weighted by atomic mass is 10.2. The summed E-state index contributed by atoms with van der Waals surface area (Å²) in [6, 6.07) is 5.90. The lowest BCUT2D eigenvalue weighted by Gasteiger charge is -2.25. The van der Waals surface area contributed by atoms with Gasteiger partial charge in [0.25, 0.3) is 5.91 Å². The second kappa shape index (κ2) is 8.45. The highest BCUT2D eigenvalue weighted by molar-refractivity contribution is 8.04. The Morgan fingerprint density at radius 1 is 1.11 bits per heavy atom. The van der Waals surface area contributed by atoms with E-state index in [1.807, 2.05) is 0 Å². The van der Waals surface area contributed by atoms with Gasteiger partial charge in [-0.15, -0.1) is 11.8 Å². The Labute approximate surface area is 163 Å². The molecule has 3 rings (SSSR count). The van der Waals surface area contributed by atoms with Gasteiger partial charge in [0.1, 0.15) is 4.91 Å². The van der Waals surface area contributed by atoms with E-state index in [9.17, 15) is 18.0 Å². The van der Waals surface area contributed by atoms with Crippen molar-refractivity contribution in [3.05, 3.63) is 40.4 Å². The van der Waals surface area contributed by atoms with Crippen molar-refractivity contribution >= 4 is 33.7 Å². The summed E-state index contributed by atoms with van der Waals surface area (Å²) in [7, 11) is -2.22. The van der Waals surface area contributed by atoms with Crippen molar-refractivity contribution in [3.63, 3.8) is 0 Å². The molecule has 9 heteroatoms. The number of nitrogens with one attached hydrogen (secondary N) is 1. The van der Waals surface area contributed by atoms with Gasteiger partial charge in [0.2, 0.25) is 10.0 Å². The zero-order chi connectivity index (χ0) is 19.4. The molecule has 0 saturated carbocycles. The second-order valence-electron chi connectivity index (χ2n) is 6.34. The highest BCUT2D eigenvalue weighted by atomic mass is 32.2. The van der Waals surface area contributed by atoms with Crippen LogP contribution < -0.4 is 5.32 Å². The molecule has 1 aromatic carbocycles. The molecule has 0 aromatic heterocycles. The van der Waals surface area contributed by atoms with Gasteiger partial charge in [-0.05, 0) is 43.5 Å². The Morgan fingerprint density at radius 3 is 2.41 bits per heavy atom. The summed E-state index contributed by atoms with van der Waals surface area (Å²) in [5.41, 5.74) is 0.878. The van der Waals surface area contributed by atoms with Crippen LogP contribution >= 0.6 is 11.8 Å². The Bertz CT molecular complexity index is 856. The number of piperidine rings is 1. The number of carbonyl (C=O) groups excluding carboxylic acids is 2. The van der Waals surface area contributed by atoms with Gasteiger partial charge in [0, 0.05) is 30.1 Å². The maximum absolute atomic E-state index is 12.7. The molecule has 0 aliphatic carbocycles. The quantitative estimate of drug-likeness (QED) is 0.748. The Balaban J connectivity index is 1.73. The van der Waals surface area contributed by atoms with Crippen LogP contribution in [0.25, 0.3) is 0 Å². The smallest absolute Gasteiger partial charge is 0.346 e. The van der Waals surface area contributed by atoms with Gasteiger partial charge in [-0.3, -0.25) is 4.79 Å². The number of methoxy groups -OCH3 is 1. The van der Waals surface area contributed by atoms with Gasteiger partial charge in [-0.1, -0.05) is 6.42 Å². The molecule has 1 saturated heterocycles. The first kappa shape index (κ1) is 19.9. The summed E-state index contributed by atoms with van der Waals surface area (Å²) in [5.74, 6) is -0.140. The summed E-state index contributed by atoms with van der Waals surface area (Å²) in [6.07, 6.45) is 3.36. The molecule has 27 heavy (non-hydrogen) atoms. The topological polar surface area (TPSA) is 92.8 Å². The van der Waals surface area contributed by atoms with Crippen molar-refractivity contribution in [3.8, 4) is 0 Å². The van der Waals surface area contributed by atoms with Crippen molar-refractivity contribution in [2.45, 2.75) is 30.6 Å². The zero-order valence-corrected chi connectivity index (χ0v) is 16.7. The van der Waals surface area contributed by atoms with Gasteiger partial charge in [-0.2, -0.15) is 4.31 Å². The largest absolute Gasteiger partial charge is 0.465 e. The molecule has 1 fully saturated rings. The van der Waals surface area contributed by atoms with Crippen LogP contribution in [0.4, 0.5) is 0 Å². The number of thioether (sulfide) groups is 1. The normalized spacial score (nSPS) is 18.4. The number of rotatable bonds is 5. The van der Waals surface area contributed by atoms with Crippen LogP contribution in [0.2, 0.25) is 0 Å². The van der Waals surface area contributed by atoms with Gasteiger partial charge < -0.3 is 10.1 Å². The molecule has 0 atom stereocenters. The Kier molecular flexibility index (Phi) is 6.23. The van der Waals surface area contributed by atoms with E-state index in [0.29, 0.717) is 41.4 Å². The van der Waals surface area contributed by atoms with Crippen molar-refractivity contribution in [1.82, 2.24) is 9.62 Å². The van der Waals surface area contributed by atoms with E-state index in [4.69, 9.17) is 4.74 Å². The van der Waals surface area contributed by atoms with E-state index in [1.54, 1.807) is 0 Å². The lowest BCUT2D eigenvalue weighted by molar-refractivity contribution is -0.135. The predicted octanol–water partition coefficient (Wildman–Crippen LogP) is 2.11. The van der Waals surface area contributed by atoms with Gasteiger partial charge in [-0.25, -0.2) is 13.2 Å². The monoisotopic (exact) mass is 410 g/mol. The van der Waals surface area contributed by atoms with E-state index in [0.717, 1.165) is 19.3 Å². The number of carbonyl (C=O) groups is 2. The van der Waals surface area contributed by atoms with Crippen LogP contribution in [0.1, 0.15) is 36.0 Å². The maximum Gasteiger partial charge on any atom is 0.346 e. The van der Waals surface area contributed by atoms with Crippen LogP contribution in [-0.2, 0) is 19.6 Å². The fourth-order valence-electron chi connectivity index (χ4n) is 3.09. The van der Waals surface area contributed by atoms with Crippen LogP contribution in [0.5, 0.6) is 0 Å². The third-order valence-corrected chi connectivity index (χ3v) is 7.60. The molecule has 2 aliphatic heterocycles. The number of esters is 1. The average Bonchev–Trinajstić information content (AvgIpc) is 3.16. The molecule has 1 aromatic rings. The van der Waals surface area contributed by atoms with Crippen molar-refractivity contribution in [2.24, 2.45) is 0 Å². The molecule has 0 unspecified atom stereocenters. The molecule has 0 radical (unpaired) electrons. The van der Waals surface area contributed by atoms with Crippen molar-refractivity contribution < 1.29 is 22.7 Å². The van der Waals surface area contributed by atoms with Gasteiger partial charge >= 0.3 is 5.97 Å². The van der Waals surface area contributed by atoms with Gasteiger partial charge in [0.05, 0.1) is 12.0 Å². The first-order chi connectivity index (χ1) is 12.9. The first-order valence-corrected chi connectivity index (χ1v) is 11.2. The molecule has 1 amide bonds. The minimum atomic E-state index is -3.52. The van der Waals surface area contributed by atoms with E-state index in [1.165, 1.54) is 47.4 Å². The lowest BCUT2D eigenvalue weighted by Crippen LogP contribution is -2.35. The van der Waals surface area contributed by atoms with E-state index >= 15 is 0 Å². The number of ether oxygens (including phenoxy) is 1. The van der Waals surface area contributed by atoms with E-state index in [2.05, 4.69) is 5.32 Å². The summed E-state index contributed by atoms with van der Waals surface area (Å²) >= 11 is 1.35. The summed E-state index contributed by atoms with van der Waals surface area (Å²) in [4.78, 5) is 24.8. The number of allylic oxidation sites excluding steroid dienone is 1. The molecular formula is C18H22N2O5S2. The highest BCUT2D eigenvalue weighted by Crippen LogP contribution is 2.31. The maximum atomic E-state index is 12.7. The van der Waals surface area contributed by atoms with Gasteiger partial charge in [0.15, 0.2) is 0 Å². The average molecular weight is 411 g/mol. The summed E-state index contributed by atoms with van der Waals surface area (Å²) in [6.45, 7) is 1.07. The van der Waals surface area contributed by atoms with E-state index < -0.39 is 16.0 Å². The zero-order valence-electron chi connectivity index (χ0n) is 15.1. The second-order valence-corrected chi connectivity index (χ2v) is 9.38. The fraction of sp³-hybridized carbons (Fsp3) is 0.444. The number of nitrogens with zero attached hydrogens (tertiary/aromatic N) is 1. The third-order valence-electron chi connectivity index (χ3n) is 4.58. The minimum absolute atomic E-state index is 0.187. The molecular weight excluding hydrogens is 388 g/mol. The SMILES string of the molecule is COC(=O)C1=C(NC(=O)c2ccc(S(=O)(=O)N3CCCCC3)cc2)CCS1. The molecule has 146 valence electrons. The standard InChI is InChI=1S/C18H22N2O5S2/c1-25-18(22)16-15(9-12-26-16)19-17(21)13-5-7-14(8-6-13)27(23,24)20-10-3-2-4-11-20/h5-8H,2-4,9-12H2,1H3,(H,19,21).